The van der Waals surface area contributed by atoms with E-state index in [1.165, 1.54) is 4.57 Å². The largest absolute Gasteiger partial charge is 0.463 e. The van der Waals surface area contributed by atoms with Crippen molar-refractivity contribution >= 4 is 17.0 Å². The maximum atomic E-state index is 12.6. The summed E-state index contributed by atoms with van der Waals surface area (Å²) in [7, 11) is 0. The number of hydrogen-bond acceptors (Lipinski definition) is 9. The monoisotopic (exact) mass is 493 g/mol. The average Bonchev–Trinajstić information content (AvgIpc) is 3.19. The molecule has 3 heterocycles. The lowest BCUT2D eigenvalue weighted by atomic mass is 10.2. The molecule has 5 N–H and O–H groups in total. The van der Waals surface area contributed by atoms with Crippen LogP contribution in [0.15, 0.2) is 47.3 Å². The van der Waals surface area contributed by atoms with E-state index >= 15 is 0 Å². The molecule has 0 spiro atoms. The van der Waals surface area contributed by atoms with Gasteiger partial charge >= 0.3 is 11.7 Å². The Balaban J connectivity index is 1.45. The van der Waals surface area contributed by atoms with Gasteiger partial charge in [0.2, 0.25) is 5.88 Å². The van der Waals surface area contributed by atoms with E-state index in [-0.39, 0.29) is 30.7 Å². The molecule has 0 saturated carbocycles. The van der Waals surface area contributed by atoms with Gasteiger partial charge in [0.15, 0.2) is 11.5 Å². The number of aliphatic hydroxyl groups excluding tert-OH is 1. The molecule has 0 saturated heterocycles. The Hall–Kier alpha value is -3.96. The zero-order chi connectivity index (χ0) is 25.3. The molecule has 0 bridgehead atoms. The molecule has 0 radical (unpaired) electrons. The van der Waals surface area contributed by atoms with Gasteiger partial charge in [-0.15, -0.1) is 0 Å². The fraction of sp³-hybridized carbons (Fsp3) is 0.360. The van der Waals surface area contributed by atoms with Crippen LogP contribution in [0.4, 0.5) is 5.82 Å². The highest BCUT2D eigenvalue weighted by Crippen LogP contribution is 2.22. The van der Waals surface area contributed by atoms with Gasteiger partial charge in [0.25, 0.3) is 0 Å². The molecule has 1 aromatic carbocycles. The Kier molecular flexibility index (Phi) is 8.48. The molecule has 11 nitrogen and oxygen atoms in total. The van der Waals surface area contributed by atoms with Gasteiger partial charge in [-0.25, -0.2) is 9.78 Å². The van der Waals surface area contributed by atoms with E-state index in [0.717, 1.165) is 30.6 Å². The molecule has 4 aromatic rings. The molecule has 0 atom stereocenters. The highest BCUT2D eigenvalue weighted by Gasteiger charge is 2.15. The fourth-order valence-electron chi connectivity index (χ4n) is 3.55. The quantitative estimate of drug-likeness (QED) is 0.206. The number of H-pyrrole nitrogens is 1. The number of unbranched alkanes of at least 4 members (excludes halogenated alkanes) is 1. The maximum absolute atomic E-state index is 12.6. The number of aromatic nitrogens is 5. The number of nitrogens with one attached hydrogen (secondary N) is 2. The van der Waals surface area contributed by atoms with Crippen molar-refractivity contribution < 1.29 is 14.6 Å². The van der Waals surface area contributed by atoms with Crippen molar-refractivity contribution in [1.82, 2.24) is 29.8 Å². The summed E-state index contributed by atoms with van der Waals surface area (Å²) in [5.74, 6) is 1.28. The zero-order valence-corrected chi connectivity index (χ0v) is 20.2. The molecule has 0 amide bonds. The molecule has 0 aliphatic heterocycles. The number of aromatic amines is 1. The second-order valence-corrected chi connectivity index (χ2v) is 8.28. The van der Waals surface area contributed by atoms with Gasteiger partial charge in [-0.1, -0.05) is 31.5 Å². The predicted molar refractivity (Wildman–Crippen MR) is 136 cm³/mol. The number of hydrogen-bond donors (Lipinski definition) is 4. The number of anilines is 1. The first-order chi connectivity index (χ1) is 17.6. The van der Waals surface area contributed by atoms with Crippen LogP contribution in [-0.4, -0.2) is 49.4 Å². The van der Waals surface area contributed by atoms with Gasteiger partial charge in [-0.2, -0.15) is 9.97 Å². The number of nitrogens with zero attached hydrogens (tertiary/aromatic N) is 4. The number of fused-ring (bicyclic) bond motifs is 1. The average molecular weight is 494 g/mol. The summed E-state index contributed by atoms with van der Waals surface area (Å²) < 4.78 is 13.0. The molecule has 0 unspecified atom stereocenters. The van der Waals surface area contributed by atoms with Gasteiger partial charge in [0.1, 0.15) is 11.3 Å². The lowest BCUT2D eigenvalue weighted by Gasteiger charge is -2.09. The van der Waals surface area contributed by atoms with E-state index < -0.39 is 0 Å². The number of nitrogen functional groups attached to an aromatic ring is 1. The third-order valence-electron chi connectivity index (χ3n) is 5.44. The third-order valence-corrected chi connectivity index (χ3v) is 5.44. The van der Waals surface area contributed by atoms with E-state index in [0.29, 0.717) is 42.4 Å². The Morgan fingerprint density at radius 3 is 2.72 bits per heavy atom. The second-order valence-electron chi connectivity index (χ2n) is 8.28. The molecule has 0 aliphatic rings. The van der Waals surface area contributed by atoms with Crippen LogP contribution in [0.25, 0.3) is 11.2 Å². The van der Waals surface area contributed by atoms with E-state index in [2.05, 4.69) is 32.2 Å². The normalized spacial score (nSPS) is 11.2. The molecule has 3 aromatic heterocycles. The van der Waals surface area contributed by atoms with Crippen molar-refractivity contribution in [3.05, 3.63) is 64.2 Å². The zero-order valence-electron chi connectivity index (χ0n) is 20.2. The minimum absolute atomic E-state index is 0.156. The first kappa shape index (κ1) is 25.1. The Morgan fingerprint density at radius 1 is 1.11 bits per heavy atom. The van der Waals surface area contributed by atoms with E-state index in [1.54, 1.807) is 6.07 Å². The third kappa shape index (κ3) is 6.37. The Bertz CT molecular complexity index is 1330. The Morgan fingerprint density at radius 2 is 1.94 bits per heavy atom. The van der Waals surface area contributed by atoms with Gasteiger partial charge < -0.3 is 30.6 Å². The van der Waals surface area contributed by atoms with E-state index in [9.17, 15) is 4.79 Å². The second kappa shape index (κ2) is 12.1. The van der Waals surface area contributed by atoms with Crippen molar-refractivity contribution in [2.45, 2.75) is 39.3 Å². The number of rotatable bonds is 13. The number of ether oxygens (including phenoxy) is 2. The van der Waals surface area contributed by atoms with Gasteiger partial charge in [0.05, 0.1) is 18.8 Å². The Labute approximate surface area is 208 Å². The highest BCUT2D eigenvalue weighted by molar-refractivity contribution is 5.81. The maximum Gasteiger partial charge on any atom is 0.328 e. The van der Waals surface area contributed by atoms with Gasteiger partial charge in [0, 0.05) is 19.2 Å². The summed E-state index contributed by atoms with van der Waals surface area (Å²) in [5, 5.41) is 12.1. The molecule has 0 fully saturated rings. The van der Waals surface area contributed by atoms with Gasteiger partial charge in [-0.05, 0) is 43.1 Å². The number of pyridine rings is 1. The van der Waals surface area contributed by atoms with Crippen LogP contribution in [0.3, 0.4) is 0 Å². The number of imidazole rings is 1. The molecule has 36 heavy (non-hydrogen) atoms. The summed E-state index contributed by atoms with van der Waals surface area (Å²) >= 11 is 0. The lowest BCUT2D eigenvalue weighted by molar-refractivity contribution is 0.286. The fourth-order valence-corrected chi connectivity index (χ4v) is 3.55. The number of aliphatic hydroxyl groups is 1. The lowest BCUT2D eigenvalue weighted by Crippen LogP contribution is -2.17. The summed E-state index contributed by atoms with van der Waals surface area (Å²) in [6, 6.07) is 13.2. The smallest absolute Gasteiger partial charge is 0.328 e. The number of benzene rings is 1. The SMILES string of the molecule is CCCCOc1nc(N)c2[nH]c(=O)n(Cc3ccc(Oc4cccc(CNCCCO)n4)cc3)c2n1. The predicted octanol–water partition coefficient (Wildman–Crippen LogP) is 2.59. The van der Waals surface area contributed by atoms with Crippen LogP contribution in [0.2, 0.25) is 0 Å². The molecule has 11 heteroatoms. The van der Waals surface area contributed by atoms with Crippen LogP contribution < -0.4 is 26.2 Å². The minimum Gasteiger partial charge on any atom is -0.463 e. The van der Waals surface area contributed by atoms with Crippen molar-refractivity contribution in [2.24, 2.45) is 0 Å². The van der Waals surface area contributed by atoms with Crippen molar-refractivity contribution in [2.75, 3.05) is 25.5 Å². The molecule has 4 rings (SSSR count). The summed E-state index contributed by atoms with van der Waals surface area (Å²) in [4.78, 5) is 28.4. The minimum atomic E-state index is -0.328. The van der Waals surface area contributed by atoms with Crippen LogP contribution in [0, 0.1) is 0 Å². The topological polar surface area (TPSA) is 153 Å². The van der Waals surface area contributed by atoms with Crippen LogP contribution >= 0.6 is 0 Å². The first-order valence-electron chi connectivity index (χ1n) is 12.0. The van der Waals surface area contributed by atoms with Crippen LogP contribution in [-0.2, 0) is 13.1 Å². The van der Waals surface area contributed by atoms with Crippen molar-refractivity contribution in [3.8, 4) is 17.6 Å². The molecular formula is C25H31N7O4. The standard InChI is InChI=1S/C25H31N7O4/c1-2-3-14-35-24-30-22(26)21-23(31-24)32(25(34)29-21)16-17-8-10-19(11-9-17)36-20-7-4-6-18(28-20)15-27-12-5-13-33/h4,6-11,27,33H,2-3,5,12-16H2,1H3,(H,29,34)(H2,26,30,31). The molecule has 190 valence electrons. The molecule has 0 aliphatic carbocycles. The van der Waals surface area contributed by atoms with Gasteiger partial charge in [-0.3, -0.25) is 4.57 Å². The number of nitrogens with two attached hydrogens (primary N) is 1. The summed E-state index contributed by atoms with van der Waals surface area (Å²) in [5.41, 5.74) is 8.21. The van der Waals surface area contributed by atoms with Crippen molar-refractivity contribution in [3.63, 3.8) is 0 Å². The van der Waals surface area contributed by atoms with Crippen molar-refractivity contribution in [1.29, 1.82) is 0 Å². The summed E-state index contributed by atoms with van der Waals surface area (Å²) in [6.07, 6.45) is 2.55. The van der Waals surface area contributed by atoms with Crippen LogP contribution in [0.5, 0.6) is 17.6 Å². The van der Waals surface area contributed by atoms with E-state index in [1.807, 2.05) is 36.4 Å². The summed E-state index contributed by atoms with van der Waals surface area (Å²) in [6.45, 7) is 4.30. The first-order valence-corrected chi connectivity index (χ1v) is 12.0. The van der Waals surface area contributed by atoms with Crippen LogP contribution in [0.1, 0.15) is 37.4 Å². The van der Waals surface area contributed by atoms with E-state index in [4.69, 9.17) is 20.3 Å². The highest BCUT2D eigenvalue weighted by atomic mass is 16.5. The molecular weight excluding hydrogens is 462 g/mol.